The van der Waals surface area contributed by atoms with E-state index in [-0.39, 0.29) is 19.8 Å². The summed E-state index contributed by atoms with van der Waals surface area (Å²) in [5.74, 6) is -0.952. The van der Waals surface area contributed by atoms with Gasteiger partial charge in [0.1, 0.15) is 12.2 Å². The summed E-state index contributed by atoms with van der Waals surface area (Å²) in [7, 11) is 0. The molecular weight excluding hydrogens is 376 g/mol. The van der Waals surface area contributed by atoms with Crippen molar-refractivity contribution in [2.75, 3.05) is 19.7 Å². The average Bonchev–Trinajstić information content (AvgIpc) is 2.65. The molecule has 0 spiro atoms. The van der Waals surface area contributed by atoms with Crippen LogP contribution in [-0.2, 0) is 25.6 Å². The van der Waals surface area contributed by atoms with Gasteiger partial charge in [0, 0.05) is 13.1 Å². The second-order valence-electron chi connectivity index (χ2n) is 7.89. The number of piperidine rings is 1. The van der Waals surface area contributed by atoms with Crippen LogP contribution in [0.1, 0.15) is 39.7 Å². The van der Waals surface area contributed by atoms with Gasteiger partial charge in [0.05, 0.1) is 18.6 Å². The van der Waals surface area contributed by atoms with E-state index in [1.807, 2.05) is 30.3 Å². The van der Waals surface area contributed by atoms with Crippen LogP contribution in [0, 0.1) is 5.92 Å². The Bertz CT molecular complexity index is 701. The summed E-state index contributed by atoms with van der Waals surface area (Å²) in [6.07, 6.45) is -0.775. The predicted octanol–water partition coefficient (Wildman–Crippen LogP) is 3.10. The molecule has 1 saturated heterocycles. The molecule has 1 aliphatic rings. The summed E-state index contributed by atoms with van der Waals surface area (Å²) >= 11 is 0. The van der Waals surface area contributed by atoms with Crippen LogP contribution < -0.4 is 5.32 Å². The number of nitrogens with one attached hydrogen (secondary N) is 1. The van der Waals surface area contributed by atoms with E-state index in [0.717, 1.165) is 5.56 Å². The molecule has 0 radical (unpaired) electrons. The first kappa shape index (κ1) is 22.5. The number of benzene rings is 1. The Morgan fingerprint density at radius 3 is 2.45 bits per heavy atom. The molecule has 1 N–H and O–H groups in total. The third-order valence-electron chi connectivity index (χ3n) is 4.37. The summed E-state index contributed by atoms with van der Waals surface area (Å²) in [6, 6.07) is 8.74. The van der Waals surface area contributed by atoms with Gasteiger partial charge >= 0.3 is 18.2 Å². The van der Waals surface area contributed by atoms with Crippen molar-refractivity contribution in [1.82, 2.24) is 10.2 Å². The molecule has 2 atom stereocenters. The number of carbonyl (C=O) groups is 3. The SMILES string of the molecule is CCOC(=O)[C@H]1CCN(C(=O)OCc2ccccc2)C[C@@H]1NC(=O)OC(C)(C)C. The van der Waals surface area contributed by atoms with E-state index in [1.165, 1.54) is 4.90 Å². The van der Waals surface area contributed by atoms with Crippen LogP contribution in [0.25, 0.3) is 0 Å². The molecule has 2 amide bonds. The van der Waals surface area contributed by atoms with Crippen LogP contribution >= 0.6 is 0 Å². The van der Waals surface area contributed by atoms with Crippen LogP contribution in [0.5, 0.6) is 0 Å². The second-order valence-corrected chi connectivity index (χ2v) is 7.89. The third kappa shape index (κ3) is 7.29. The van der Waals surface area contributed by atoms with Crippen LogP contribution in [0.2, 0.25) is 0 Å². The Labute approximate surface area is 171 Å². The zero-order valence-electron chi connectivity index (χ0n) is 17.5. The highest BCUT2D eigenvalue weighted by atomic mass is 16.6. The lowest BCUT2D eigenvalue weighted by atomic mass is 9.92. The molecule has 1 fully saturated rings. The van der Waals surface area contributed by atoms with Gasteiger partial charge in [0.2, 0.25) is 0 Å². The lowest BCUT2D eigenvalue weighted by Gasteiger charge is -2.37. The van der Waals surface area contributed by atoms with E-state index in [1.54, 1.807) is 27.7 Å². The summed E-state index contributed by atoms with van der Waals surface area (Å²) in [4.78, 5) is 38.5. The van der Waals surface area contributed by atoms with E-state index >= 15 is 0 Å². The van der Waals surface area contributed by atoms with Crippen molar-refractivity contribution in [2.45, 2.75) is 52.4 Å². The van der Waals surface area contributed by atoms with E-state index in [2.05, 4.69) is 5.32 Å². The molecule has 1 heterocycles. The van der Waals surface area contributed by atoms with Crippen molar-refractivity contribution in [2.24, 2.45) is 5.92 Å². The highest BCUT2D eigenvalue weighted by molar-refractivity contribution is 5.76. The second kappa shape index (κ2) is 10.1. The molecule has 0 aliphatic carbocycles. The fourth-order valence-corrected chi connectivity index (χ4v) is 3.07. The Hall–Kier alpha value is -2.77. The summed E-state index contributed by atoms with van der Waals surface area (Å²) in [5.41, 5.74) is 0.206. The van der Waals surface area contributed by atoms with E-state index < -0.39 is 35.7 Å². The predicted molar refractivity (Wildman–Crippen MR) is 106 cm³/mol. The first-order valence-electron chi connectivity index (χ1n) is 9.81. The molecule has 2 rings (SSSR count). The minimum Gasteiger partial charge on any atom is -0.466 e. The van der Waals surface area contributed by atoms with Crippen LogP contribution in [-0.4, -0.2) is 54.4 Å². The number of hydrogen-bond donors (Lipinski definition) is 1. The molecule has 0 bridgehead atoms. The zero-order valence-corrected chi connectivity index (χ0v) is 17.5. The Kier molecular flexibility index (Phi) is 7.87. The van der Waals surface area contributed by atoms with Crippen molar-refractivity contribution < 1.29 is 28.6 Å². The molecule has 8 nitrogen and oxygen atoms in total. The van der Waals surface area contributed by atoms with Crippen LogP contribution in [0.15, 0.2) is 30.3 Å². The Morgan fingerprint density at radius 2 is 1.83 bits per heavy atom. The van der Waals surface area contributed by atoms with Gasteiger partial charge < -0.3 is 24.4 Å². The fourth-order valence-electron chi connectivity index (χ4n) is 3.07. The number of alkyl carbamates (subject to hydrolysis) is 1. The maximum Gasteiger partial charge on any atom is 0.410 e. The van der Waals surface area contributed by atoms with Gasteiger partial charge in [-0.05, 0) is 39.7 Å². The lowest BCUT2D eigenvalue weighted by molar-refractivity contribution is -0.150. The highest BCUT2D eigenvalue weighted by Gasteiger charge is 2.38. The quantitative estimate of drug-likeness (QED) is 0.596. The first-order valence-corrected chi connectivity index (χ1v) is 9.81. The number of esters is 1. The van der Waals surface area contributed by atoms with Crippen molar-refractivity contribution in [3.8, 4) is 0 Å². The molecule has 29 heavy (non-hydrogen) atoms. The monoisotopic (exact) mass is 406 g/mol. The standard InChI is InChI=1S/C21H30N2O6/c1-5-27-18(24)16-11-12-23(13-17(16)22-19(25)29-21(2,3)4)20(26)28-14-15-9-7-6-8-10-15/h6-10,16-17H,5,11-14H2,1-4H3,(H,22,25)/t16-,17-/m0/s1. The normalized spacial score (nSPS) is 19.2. The van der Waals surface area contributed by atoms with Crippen molar-refractivity contribution in [1.29, 1.82) is 0 Å². The number of rotatable bonds is 5. The minimum absolute atomic E-state index is 0.135. The highest BCUT2D eigenvalue weighted by Crippen LogP contribution is 2.21. The van der Waals surface area contributed by atoms with E-state index in [4.69, 9.17) is 14.2 Å². The van der Waals surface area contributed by atoms with Gasteiger partial charge in [0.15, 0.2) is 0 Å². The number of nitrogens with zero attached hydrogens (tertiary/aromatic N) is 1. The maximum atomic E-state index is 12.5. The first-order chi connectivity index (χ1) is 13.7. The molecule has 0 aromatic heterocycles. The topological polar surface area (TPSA) is 94.2 Å². The smallest absolute Gasteiger partial charge is 0.410 e. The van der Waals surface area contributed by atoms with Crippen molar-refractivity contribution in [3.63, 3.8) is 0 Å². The molecule has 0 unspecified atom stereocenters. The maximum absolute atomic E-state index is 12.5. The molecule has 160 valence electrons. The molecule has 8 heteroatoms. The molecule has 1 aliphatic heterocycles. The number of hydrogen-bond acceptors (Lipinski definition) is 6. The van der Waals surface area contributed by atoms with Crippen molar-refractivity contribution in [3.05, 3.63) is 35.9 Å². The summed E-state index contributed by atoms with van der Waals surface area (Å²) in [5, 5.41) is 2.71. The van der Waals surface area contributed by atoms with Crippen LogP contribution in [0.4, 0.5) is 9.59 Å². The van der Waals surface area contributed by atoms with Gasteiger partial charge in [-0.3, -0.25) is 4.79 Å². The lowest BCUT2D eigenvalue weighted by Crippen LogP contribution is -2.56. The van der Waals surface area contributed by atoms with Gasteiger partial charge in [-0.2, -0.15) is 0 Å². The number of likely N-dealkylation sites (tertiary alicyclic amines) is 1. The number of carbonyl (C=O) groups excluding carboxylic acids is 3. The molecule has 1 aromatic rings. The number of amides is 2. The summed E-state index contributed by atoms with van der Waals surface area (Å²) in [6.45, 7) is 7.86. The minimum atomic E-state index is -0.674. The zero-order chi connectivity index (χ0) is 21.4. The summed E-state index contributed by atoms with van der Waals surface area (Å²) < 4.78 is 15.8. The third-order valence-corrected chi connectivity index (χ3v) is 4.37. The number of ether oxygens (including phenoxy) is 3. The Balaban J connectivity index is 2.01. The van der Waals surface area contributed by atoms with E-state index in [9.17, 15) is 14.4 Å². The van der Waals surface area contributed by atoms with Gasteiger partial charge in [-0.1, -0.05) is 30.3 Å². The average molecular weight is 406 g/mol. The Morgan fingerprint density at radius 1 is 1.14 bits per heavy atom. The van der Waals surface area contributed by atoms with E-state index in [0.29, 0.717) is 13.0 Å². The van der Waals surface area contributed by atoms with Gasteiger partial charge in [-0.15, -0.1) is 0 Å². The van der Waals surface area contributed by atoms with Crippen molar-refractivity contribution >= 4 is 18.2 Å². The fraction of sp³-hybridized carbons (Fsp3) is 0.571. The largest absolute Gasteiger partial charge is 0.466 e. The molecular formula is C21H30N2O6. The molecule has 1 aromatic carbocycles. The molecule has 0 saturated carbocycles. The van der Waals surface area contributed by atoms with Gasteiger partial charge in [0.25, 0.3) is 0 Å². The van der Waals surface area contributed by atoms with Crippen LogP contribution in [0.3, 0.4) is 0 Å². The van der Waals surface area contributed by atoms with Gasteiger partial charge in [-0.25, -0.2) is 9.59 Å².